The molecule has 3 aromatic rings. The second-order valence-electron chi connectivity index (χ2n) is 7.40. The maximum absolute atomic E-state index is 12.0. The number of phenols is 1. The number of aryl methyl sites for hydroxylation is 1. The molecule has 174 valence electrons. The lowest BCUT2D eigenvalue weighted by molar-refractivity contribution is -0.131. The number of aliphatic carboxylic acids is 1. The molecule has 3 rings (SSSR count). The van der Waals surface area contributed by atoms with Crippen molar-refractivity contribution in [1.29, 1.82) is 0 Å². The smallest absolute Gasteiger partial charge is 0.328 e. The minimum atomic E-state index is -0.967. The maximum Gasteiger partial charge on any atom is 0.328 e. The van der Waals surface area contributed by atoms with Crippen LogP contribution in [0, 0.1) is 6.92 Å². The Hall–Kier alpha value is -4.00. The molecule has 2 N–H and O–H groups in total. The van der Waals surface area contributed by atoms with Gasteiger partial charge in [-0.05, 0) is 39.3 Å². The van der Waals surface area contributed by atoms with Crippen LogP contribution in [0.2, 0.25) is 0 Å². The zero-order valence-electron chi connectivity index (χ0n) is 19.3. The van der Waals surface area contributed by atoms with Crippen molar-refractivity contribution in [2.45, 2.75) is 27.2 Å². The highest BCUT2D eigenvalue weighted by Gasteiger charge is 2.17. The predicted molar refractivity (Wildman–Crippen MR) is 128 cm³/mol. The molecule has 0 unspecified atom stereocenters. The van der Waals surface area contributed by atoms with Crippen LogP contribution in [0.1, 0.15) is 30.7 Å². The molecular formula is C26H28O7. The summed E-state index contributed by atoms with van der Waals surface area (Å²) in [6, 6.07) is 10.1. The van der Waals surface area contributed by atoms with Crippen LogP contribution < -0.4 is 14.9 Å². The molecule has 0 saturated heterocycles. The van der Waals surface area contributed by atoms with E-state index in [1.807, 2.05) is 32.1 Å². The minimum absolute atomic E-state index is 0.119. The monoisotopic (exact) mass is 452 g/mol. The van der Waals surface area contributed by atoms with Gasteiger partial charge in [-0.1, -0.05) is 29.8 Å². The zero-order valence-corrected chi connectivity index (χ0v) is 19.3. The van der Waals surface area contributed by atoms with E-state index in [1.54, 1.807) is 26.2 Å². The summed E-state index contributed by atoms with van der Waals surface area (Å²) in [7, 11) is 3.08. The van der Waals surface area contributed by atoms with Crippen molar-refractivity contribution in [2.24, 2.45) is 0 Å². The second kappa shape index (κ2) is 11.6. The van der Waals surface area contributed by atoms with E-state index in [0.29, 0.717) is 29.3 Å². The number of carbonyl (C=O) groups is 1. The number of hydrogen-bond acceptors (Lipinski definition) is 6. The van der Waals surface area contributed by atoms with Crippen molar-refractivity contribution < 1.29 is 28.9 Å². The number of benzene rings is 2. The summed E-state index contributed by atoms with van der Waals surface area (Å²) >= 11 is 0. The summed E-state index contributed by atoms with van der Waals surface area (Å²) < 4.78 is 16.0. The number of ether oxygens (including phenoxy) is 2. The Bertz CT molecular complexity index is 1250. The topological polar surface area (TPSA) is 106 Å². The van der Waals surface area contributed by atoms with Crippen LogP contribution in [0.25, 0.3) is 17.0 Å². The summed E-state index contributed by atoms with van der Waals surface area (Å²) in [5, 5.41) is 18.6. The number of carboxylic acid groups (broad SMARTS) is 1. The quantitative estimate of drug-likeness (QED) is 0.395. The normalized spacial score (nSPS) is 10.5. The van der Waals surface area contributed by atoms with Gasteiger partial charge in [-0.15, -0.1) is 0 Å². The number of fused-ring (bicyclic) bond motifs is 1. The van der Waals surface area contributed by atoms with Crippen LogP contribution in [-0.4, -0.2) is 30.4 Å². The Morgan fingerprint density at radius 2 is 1.76 bits per heavy atom. The molecule has 0 saturated carbocycles. The van der Waals surface area contributed by atoms with Gasteiger partial charge in [-0.25, -0.2) is 4.79 Å². The molecule has 0 atom stereocenters. The van der Waals surface area contributed by atoms with Gasteiger partial charge in [0, 0.05) is 29.3 Å². The molecule has 0 spiro atoms. The number of carboxylic acids is 1. The fourth-order valence-electron chi connectivity index (χ4n) is 3.11. The summed E-state index contributed by atoms with van der Waals surface area (Å²) in [6.07, 6.45) is 5.18. The molecule has 0 amide bonds. The predicted octanol–water partition coefficient (Wildman–Crippen LogP) is 5.12. The average molecular weight is 453 g/mol. The van der Waals surface area contributed by atoms with Gasteiger partial charge in [-0.2, -0.15) is 0 Å². The van der Waals surface area contributed by atoms with Crippen molar-refractivity contribution in [3.8, 4) is 17.2 Å². The van der Waals surface area contributed by atoms with Crippen LogP contribution in [0.3, 0.4) is 0 Å². The standard InChI is InChI=1S/C16H18O4.C10H10O3/c1-9(2)5-6-11-14(19-4)8-13(18)15-12(17)7-10(3)20-16(11)15;1-13-9-5-3-2-4-8(9)6-7-10(11)12/h5,7-8,18H,6H2,1-4H3;2-7H,1H3,(H,11,12). The maximum atomic E-state index is 12.0. The molecule has 33 heavy (non-hydrogen) atoms. The first-order valence-corrected chi connectivity index (χ1v) is 10.2. The molecule has 7 nitrogen and oxygen atoms in total. The Morgan fingerprint density at radius 3 is 2.36 bits per heavy atom. The first kappa shape index (κ1) is 25.3. The summed E-state index contributed by atoms with van der Waals surface area (Å²) in [6.45, 7) is 5.70. The van der Waals surface area contributed by atoms with Crippen LogP contribution in [0.15, 0.2) is 63.3 Å². The van der Waals surface area contributed by atoms with Gasteiger partial charge >= 0.3 is 5.97 Å². The van der Waals surface area contributed by atoms with E-state index in [-0.39, 0.29) is 16.6 Å². The van der Waals surface area contributed by atoms with Gasteiger partial charge < -0.3 is 24.1 Å². The molecule has 0 fully saturated rings. The Balaban J connectivity index is 0.000000257. The van der Waals surface area contributed by atoms with E-state index < -0.39 is 5.97 Å². The second-order valence-corrected chi connectivity index (χ2v) is 7.40. The lowest BCUT2D eigenvalue weighted by atomic mass is 10.0. The van der Waals surface area contributed by atoms with E-state index in [2.05, 4.69) is 0 Å². The fraction of sp³-hybridized carbons (Fsp3) is 0.231. The molecule has 1 aromatic heterocycles. The molecule has 2 aromatic carbocycles. The molecule has 0 radical (unpaired) electrons. The number of rotatable bonds is 6. The van der Waals surface area contributed by atoms with Crippen molar-refractivity contribution >= 4 is 23.0 Å². The SMILES string of the molecule is COc1cc(O)c2c(=O)cc(C)oc2c1CC=C(C)C.COc1ccccc1C=CC(=O)O. The summed E-state index contributed by atoms with van der Waals surface area (Å²) in [5.74, 6) is 0.604. The Labute approximate surface area is 192 Å². The average Bonchev–Trinajstić information content (AvgIpc) is 2.76. The third-order valence-corrected chi connectivity index (χ3v) is 4.65. The molecule has 0 aliphatic carbocycles. The molecule has 0 aliphatic heterocycles. The lowest BCUT2D eigenvalue weighted by Gasteiger charge is -2.11. The van der Waals surface area contributed by atoms with Gasteiger partial charge in [-0.3, -0.25) is 4.79 Å². The van der Waals surface area contributed by atoms with Crippen molar-refractivity contribution in [1.82, 2.24) is 0 Å². The third kappa shape index (κ3) is 6.74. The first-order chi connectivity index (χ1) is 15.7. The van der Waals surface area contributed by atoms with Crippen molar-refractivity contribution in [3.05, 3.63) is 81.2 Å². The van der Waals surface area contributed by atoms with Crippen LogP contribution in [0.4, 0.5) is 0 Å². The van der Waals surface area contributed by atoms with E-state index in [4.69, 9.17) is 19.0 Å². The third-order valence-electron chi connectivity index (χ3n) is 4.65. The lowest BCUT2D eigenvalue weighted by Crippen LogP contribution is -2.04. The molecule has 7 heteroatoms. The van der Waals surface area contributed by atoms with E-state index >= 15 is 0 Å². The van der Waals surface area contributed by atoms with Crippen LogP contribution in [0.5, 0.6) is 17.2 Å². The fourth-order valence-corrected chi connectivity index (χ4v) is 3.11. The highest BCUT2D eigenvalue weighted by atomic mass is 16.5. The number of hydrogen-bond donors (Lipinski definition) is 2. The molecule has 1 heterocycles. The number of aromatic hydroxyl groups is 1. The Morgan fingerprint density at radius 1 is 1.09 bits per heavy atom. The number of phenolic OH excluding ortho intramolecular Hbond substituents is 1. The summed E-state index contributed by atoms with van der Waals surface area (Å²) in [4.78, 5) is 22.3. The Kier molecular flexibility index (Phi) is 8.86. The van der Waals surface area contributed by atoms with Gasteiger partial charge in [0.05, 0.1) is 14.2 Å². The van der Waals surface area contributed by atoms with E-state index in [0.717, 1.165) is 22.8 Å². The van der Waals surface area contributed by atoms with E-state index in [1.165, 1.54) is 25.3 Å². The van der Waals surface area contributed by atoms with Gasteiger partial charge in [0.2, 0.25) is 0 Å². The molecule has 0 aliphatic rings. The van der Waals surface area contributed by atoms with Crippen LogP contribution in [-0.2, 0) is 11.2 Å². The van der Waals surface area contributed by atoms with Crippen molar-refractivity contribution in [2.75, 3.05) is 14.2 Å². The highest BCUT2D eigenvalue weighted by Crippen LogP contribution is 2.34. The molecular weight excluding hydrogens is 424 g/mol. The highest BCUT2D eigenvalue weighted by molar-refractivity contribution is 5.88. The largest absolute Gasteiger partial charge is 0.507 e. The van der Waals surface area contributed by atoms with Crippen LogP contribution >= 0.6 is 0 Å². The zero-order chi connectivity index (χ0) is 24.5. The van der Waals surface area contributed by atoms with Gasteiger partial charge in [0.1, 0.15) is 34.0 Å². The summed E-state index contributed by atoms with van der Waals surface area (Å²) in [5.41, 5.74) is 2.82. The number of methoxy groups -OCH3 is 2. The van der Waals surface area contributed by atoms with Crippen molar-refractivity contribution in [3.63, 3.8) is 0 Å². The minimum Gasteiger partial charge on any atom is -0.507 e. The first-order valence-electron chi connectivity index (χ1n) is 10.2. The van der Waals surface area contributed by atoms with Gasteiger partial charge in [0.25, 0.3) is 0 Å². The number of para-hydroxylation sites is 1. The van der Waals surface area contributed by atoms with E-state index in [9.17, 15) is 14.7 Å². The van der Waals surface area contributed by atoms with Gasteiger partial charge in [0.15, 0.2) is 5.43 Å². The molecule has 0 bridgehead atoms. The number of allylic oxidation sites excluding steroid dienone is 2.